The lowest BCUT2D eigenvalue weighted by atomic mass is 9.93. The number of carbonyl (C=O) groups excluding carboxylic acids is 1. The van der Waals surface area contributed by atoms with E-state index < -0.39 is 5.54 Å². The first-order valence-corrected chi connectivity index (χ1v) is 6.26. The zero-order chi connectivity index (χ0) is 13.1. The van der Waals surface area contributed by atoms with Crippen LogP contribution in [0.15, 0.2) is 0 Å². The van der Waals surface area contributed by atoms with Crippen molar-refractivity contribution in [3.63, 3.8) is 0 Å². The molecule has 4 nitrogen and oxygen atoms in total. The van der Waals surface area contributed by atoms with Crippen LogP contribution in [0.3, 0.4) is 0 Å². The van der Waals surface area contributed by atoms with Gasteiger partial charge in [-0.1, -0.05) is 20.8 Å². The fourth-order valence-electron chi connectivity index (χ4n) is 2.09. The van der Waals surface area contributed by atoms with Gasteiger partial charge in [0.15, 0.2) is 0 Å². The van der Waals surface area contributed by atoms with Crippen molar-refractivity contribution >= 4 is 5.97 Å². The smallest absolute Gasteiger partial charge is 0.325 e. The number of rotatable bonds is 4. The highest BCUT2D eigenvalue weighted by Gasteiger charge is 2.43. The molecule has 0 aromatic carbocycles. The first kappa shape index (κ1) is 14.5. The molecule has 0 aromatic rings. The van der Waals surface area contributed by atoms with Crippen LogP contribution < -0.4 is 5.73 Å². The van der Waals surface area contributed by atoms with Crippen molar-refractivity contribution in [2.75, 3.05) is 13.7 Å². The largest absolute Gasteiger partial charge is 0.468 e. The zero-order valence-electron chi connectivity index (χ0n) is 11.4. The van der Waals surface area contributed by atoms with Gasteiger partial charge < -0.3 is 15.2 Å². The molecule has 2 atom stereocenters. The number of ether oxygens (including phenoxy) is 2. The van der Waals surface area contributed by atoms with E-state index in [1.807, 2.05) is 0 Å². The number of methoxy groups -OCH3 is 1. The third kappa shape index (κ3) is 4.28. The summed E-state index contributed by atoms with van der Waals surface area (Å²) in [5.41, 5.74) is 5.45. The molecule has 0 spiro atoms. The molecule has 0 radical (unpaired) electrons. The van der Waals surface area contributed by atoms with Crippen molar-refractivity contribution in [1.29, 1.82) is 0 Å². The summed E-state index contributed by atoms with van der Waals surface area (Å²) >= 11 is 0. The van der Waals surface area contributed by atoms with Crippen molar-refractivity contribution < 1.29 is 14.3 Å². The second-order valence-corrected chi connectivity index (χ2v) is 6.19. The predicted molar refractivity (Wildman–Crippen MR) is 66.6 cm³/mol. The number of nitrogens with two attached hydrogens (primary N) is 1. The highest BCUT2D eigenvalue weighted by atomic mass is 16.5. The summed E-state index contributed by atoms with van der Waals surface area (Å²) in [6.07, 6.45) is 3.18. The van der Waals surface area contributed by atoms with Gasteiger partial charge in [-0.15, -0.1) is 0 Å². The molecule has 100 valence electrons. The van der Waals surface area contributed by atoms with Crippen LogP contribution in [0.2, 0.25) is 0 Å². The average Bonchev–Trinajstić information content (AvgIpc) is 2.59. The van der Waals surface area contributed by atoms with Gasteiger partial charge in [-0.05, 0) is 24.7 Å². The Morgan fingerprint density at radius 2 is 2.12 bits per heavy atom. The van der Waals surface area contributed by atoms with Gasteiger partial charge in [0.1, 0.15) is 5.54 Å². The van der Waals surface area contributed by atoms with Gasteiger partial charge in [-0.2, -0.15) is 0 Å². The molecule has 1 fully saturated rings. The second-order valence-electron chi connectivity index (χ2n) is 6.19. The van der Waals surface area contributed by atoms with Crippen LogP contribution in [0.25, 0.3) is 0 Å². The second kappa shape index (κ2) is 5.36. The van der Waals surface area contributed by atoms with Gasteiger partial charge in [-0.25, -0.2) is 0 Å². The molecule has 17 heavy (non-hydrogen) atoms. The van der Waals surface area contributed by atoms with Crippen molar-refractivity contribution in [2.45, 2.75) is 58.1 Å². The van der Waals surface area contributed by atoms with E-state index in [1.165, 1.54) is 7.11 Å². The molecule has 1 saturated carbocycles. The molecule has 0 saturated heterocycles. The van der Waals surface area contributed by atoms with Crippen LogP contribution in [0.4, 0.5) is 0 Å². The van der Waals surface area contributed by atoms with Gasteiger partial charge in [0.25, 0.3) is 0 Å². The lowest BCUT2D eigenvalue weighted by molar-refractivity contribution is -0.147. The topological polar surface area (TPSA) is 61.5 Å². The summed E-state index contributed by atoms with van der Waals surface area (Å²) in [7, 11) is 1.38. The minimum atomic E-state index is -0.832. The molecule has 1 rings (SSSR count). The fraction of sp³-hybridized carbons (Fsp3) is 0.923. The molecule has 1 aliphatic carbocycles. The van der Waals surface area contributed by atoms with E-state index in [2.05, 4.69) is 20.8 Å². The molecule has 4 heteroatoms. The molecule has 0 aliphatic heterocycles. The van der Waals surface area contributed by atoms with Gasteiger partial charge >= 0.3 is 5.97 Å². The molecular weight excluding hydrogens is 218 g/mol. The molecule has 1 aliphatic rings. The normalized spacial score (nSPS) is 29.4. The maximum Gasteiger partial charge on any atom is 0.325 e. The van der Waals surface area contributed by atoms with Crippen molar-refractivity contribution in [2.24, 2.45) is 11.1 Å². The maximum absolute atomic E-state index is 11.5. The molecule has 2 N–H and O–H groups in total. The molecule has 0 bridgehead atoms. The molecule has 0 amide bonds. The van der Waals surface area contributed by atoms with Crippen molar-refractivity contribution in [1.82, 2.24) is 0 Å². The summed E-state index contributed by atoms with van der Waals surface area (Å²) in [5, 5.41) is 0. The standard InChI is InChI=1S/C13H25NO3/c1-12(2,3)7-8-17-10-5-6-13(14,9-10)11(15)16-4/h10H,5-9,14H2,1-4H3. The Kier molecular flexibility index (Phi) is 4.55. The molecule has 2 unspecified atom stereocenters. The summed E-state index contributed by atoms with van der Waals surface area (Å²) < 4.78 is 10.5. The van der Waals surface area contributed by atoms with Crippen LogP contribution in [-0.4, -0.2) is 31.3 Å². The number of carbonyl (C=O) groups is 1. The first-order valence-electron chi connectivity index (χ1n) is 6.26. The summed E-state index contributed by atoms with van der Waals surface area (Å²) in [4.78, 5) is 11.5. The summed E-state index contributed by atoms with van der Waals surface area (Å²) in [6.45, 7) is 7.29. The Labute approximate surface area is 104 Å². The Hall–Kier alpha value is -0.610. The lowest BCUT2D eigenvalue weighted by Gasteiger charge is -2.22. The van der Waals surface area contributed by atoms with Crippen LogP contribution in [-0.2, 0) is 14.3 Å². The Balaban J connectivity index is 2.33. The Morgan fingerprint density at radius 1 is 1.47 bits per heavy atom. The number of hydrogen-bond acceptors (Lipinski definition) is 4. The van der Waals surface area contributed by atoms with E-state index in [0.717, 1.165) is 19.4 Å². The van der Waals surface area contributed by atoms with Crippen molar-refractivity contribution in [3.8, 4) is 0 Å². The molecule has 0 aromatic heterocycles. The highest BCUT2D eigenvalue weighted by molar-refractivity contribution is 5.80. The average molecular weight is 243 g/mol. The van der Waals surface area contributed by atoms with Crippen LogP contribution in [0.5, 0.6) is 0 Å². The van der Waals surface area contributed by atoms with E-state index in [1.54, 1.807) is 0 Å². The first-order chi connectivity index (χ1) is 7.77. The lowest BCUT2D eigenvalue weighted by Crippen LogP contribution is -2.46. The summed E-state index contributed by atoms with van der Waals surface area (Å²) in [5.74, 6) is -0.320. The quantitative estimate of drug-likeness (QED) is 0.766. The number of hydrogen-bond donors (Lipinski definition) is 1. The zero-order valence-corrected chi connectivity index (χ0v) is 11.4. The van der Waals surface area contributed by atoms with E-state index in [9.17, 15) is 4.79 Å². The minimum absolute atomic E-state index is 0.0986. The van der Waals surface area contributed by atoms with Gasteiger partial charge in [0.05, 0.1) is 13.2 Å². The van der Waals surface area contributed by atoms with Crippen LogP contribution >= 0.6 is 0 Å². The Morgan fingerprint density at radius 3 is 2.65 bits per heavy atom. The van der Waals surface area contributed by atoms with E-state index in [4.69, 9.17) is 15.2 Å². The van der Waals surface area contributed by atoms with E-state index in [0.29, 0.717) is 12.8 Å². The number of esters is 1. The maximum atomic E-state index is 11.5. The minimum Gasteiger partial charge on any atom is -0.468 e. The predicted octanol–water partition coefficient (Wildman–Crippen LogP) is 1.86. The Bertz CT molecular complexity index is 272. The highest BCUT2D eigenvalue weighted by Crippen LogP contribution is 2.31. The monoisotopic (exact) mass is 243 g/mol. The van der Waals surface area contributed by atoms with E-state index in [-0.39, 0.29) is 17.5 Å². The SMILES string of the molecule is COC(=O)C1(N)CCC(OCCC(C)(C)C)C1. The summed E-state index contributed by atoms with van der Waals surface area (Å²) in [6, 6.07) is 0. The van der Waals surface area contributed by atoms with Gasteiger partial charge in [0.2, 0.25) is 0 Å². The van der Waals surface area contributed by atoms with E-state index >= 15 is 0 Å². The van der Waals surface area contributed by atoms with Crippen LogP contribution in [0.1, 0.15) is 46.5 Å². The molecular formula is C13H25NO3. The van der Waals surface area contributed by atoms with Crippen LogP contribution in [0, 0.1) is 5.41 Å². The fourth-order valence-corrected chi connectivity index (χ4v) is 2.09. The molecule has 0 heterocycles. The van der Waals surface area contributed by atoms with Crippen molar-refractivity contribution in [3.05, 3.63) is 0 Å². The third-order valence-electron chi connectivity index (χ3n) is 3.30. The van der Waals surface area contributed by atoms with Gasteiger partial charge in [-0.3, -0.25) is 4.79 Å². The van der Waals surface area contributed by atoms with Gasteiger partial charge in [0, 0.05) is 13.0 Å². The third-order valence-corrected chi connectivity index (χ3v) is 3.30.